The van der Waals surface area contributed by atoms with Crippen molar-refractivity contribution in [2.24, 2.45) is 0 Å². The van der Waals surface area contributed by atoms with Crippen LogP contribution in [0.4, 0.5) is 0 Å². The van der Waals surface area contributed by atoms with Gasteiger partial charge < -0.3 is 14.8 Å². The molecule has 0 spiro atoms. The van der Waals surface area contributed by atoms with Crippen LogP contribution in [0.25, 0.3) is 0 Å². The van der Waals surface area contributed by atoms with Crippen LogP contribution in [0.5, 0.6) is 5.75 Å². The molecule has 1 heterocycles. The van der Waals surface area contributed by atoms with Gasteiger partial charge in [-0.1, -0.05) is 11.6 Å². The molecular formula is C17H26ClNO2. The van der Waals surface area contributed by atoms with Crippen molar-refractivity contribution < 1.29 is 9.47 Å². The molecule has 1 aliphatic rings. The van der Waals surface area contributed by atoms with Crippen molar-refractivity contribution in [1.82, 2.24) is 5.32 Å². The normalized spacial score (nSPS) is 19.5. The number of benzene rings is 1. The summed E-state index contributed by atoms with van der Waals surface area (Å²) in [7, 11) is 0. The van der Waals surface area contributed by atoms with Gasteiger partial charge in [0.2, 0.25) is 0 Å². The Labute approximate surface area is 133 Å². The molecule has 2 rings (SSSR count). The molecule has 1 N–H and O–H groups in total. The molecule has 3 nitrogen and oxygen atoms in total. The Morgan fingerprint density at radius 3 is 2.81 bits per heavy atom. The Bertz CT molecular complexity index is 451. The maximum absolute atomic E-state index is 6.11. The highest BCUT2D eigenvalue weighted by Crippen LogP contribution is 2.24. The van der Waals surface area contributed by atoms with Gasteiger partial charge in [0.15, 0.2) is 0 Å². The minimum Gasteiger partial charge on any atom is -0.491 e. The second-order valence-corrected chi connectivity index (χ2v) is 7.09. The average molecular weight is 312 g/mol. The topological polar surface area (TPSA) is 30.5 Å². The van der Waals surface area contributed by atoms with Crippen molar-refractivity contribution in [3.05, 3.63) is 28.8 Å². The maximum Gasteiger partial charge on any atom is 0.124 e. The van der Waals surface area contributed by atoms with Crippen LogP contribution in [0.3, 0.4) is 0 Å². The maximum atomic E-state index is 6.11. The first-order valence-corrected chi connectivity index (χ1v) is 8.10. The molecule has 1 aliphatic heterocycles. The fourth-order valence-corrected chi connectivity index (χ4v) is 2.50. The summed E-state index contributed by atoms with van der Waals surface area (Å²) in [5.74, 6) is 0.894. The lowest BCUT2D eigenvalue weighted by Crippen LogP contribution is -2.35. The fraction of sp³-hybridized carbons (Fsp3) is 0.647. The van der Waals surface area contributed by atoms with E-state index in [1.165, 1.54) is 6.42 Å². The predicted molar refractivity (Wildman–Crippen MR) is 87.1 cm³/mol. The van der Waals surface area contributed by atoms with Gasteiger partial charge in [-0.05, 0) is 58.2 Å². The lowest BCUT2D eigenvalue weighted by atomic mass is 10.1. The van der Waals surface area contributed by atoms with Crippen molar-refractivity contribution in [3.8, 4) is 5.75 Å². The molecule has 0 bridgehead atoms. The summed E-state index contributed by atoms with van der Waals surface area (Å²) in [6.45, 7) is 8.65. The highest BCUT2D eigenvalue weighted by atomic mass is 35.5. The molecule has 1 atom stereocenters. The molecule has 0 aromatic heterocycles. The largest absolute Gasteiger partial charge is 0.491 e. The Morgan fingerprint density at radius 2 is 2.14 bits per heavy atom. The van der Waals surface area contributed by atoms with E-state index >= 15 is 0 Å². The number of nitrogens with one attached hydrogen (secondary N) is 1. The molecule has 0 radical (unpaired) electrons. The summed E-state index contributed by atoms with van der Waals surface area (Å²) >= 11 is 6.11. The van der Waals surface area contributed by atoms with Crippen molar-refractivity contribution in [2.45, 2.75) is 58.2 Å². The van der Waals surface area contributed by atoms with Gasteiger partial charge in [0.05, 0.1) is 6.10 Å². The van der Waals surface area contributed by atoms with Gasteiger partial charge in [0, 0.05) is 29.3 Å². The minimum atomic E-state index is 0.0616. The zero-order valence-corrected chi connectivity index (χ0v) is 14.0. The van der Waals surface area contributed by atoms with E-state index in [4.69, 9.17) is 21.1 Å². The van der Waals surface area contributed by atoms with Gasteiger partial charge in [0.1, 0.15) is 12.4 Å². The number of hydrogen-bond donors (Lipinski definition) is 1. The van der Waals surface area contributed by atoms with Crippen LogP contribution >= 0.6 is 11.6 Å². The van der Waals surface area contributed by atoms with Crippen molar-refractivity contribution in [3.63, 3.8) is 0 Å². The summed E-state index contributed by atoms with van der Waals surface area (Å²) in [6.07, 6.45) is 3.70. The van der Waals surface area contributed by atoms with Gasteiger partial charge in [0.25, 0.3) is 0 Å². The van der Waals surface area contributed by atoms with Gasteiger partial charge in [-0.25, -0.2) is 0 Å². The average Bonchev–Trinajstić information content (AvgIpc) is 2.44. The zero-order valence-electron chi connectivity index (χ0n) is 13.2. The molecule has 0 saturated carbocycles. The Hall–Kier alpha value is -0.770. The monoisotopic (exact) mass is 311 g/mol. The summed E-state index contributed by atoms with van der Waals surface area (Å²) < 4.78 is 11.7. The van der Waals surface area contributed by atoms with Crippen LogP contribution in [0.2, 0.25) is 5.02 Å². The predicted octanol–water partition coefficient (Wildman–Crippen LogP) is 4.18. The molecule has 1 saturated heterocycles. The lowest BCUT2D eigenvalue weighted by Gasteiger charge is -2.24. The number of rotatable bonds is 5. The Kier molecular flexibility index (Phi) is 5.91. The van der Waals surface area contributed by atoms with E-state index in [0.29, 0.717) is 6.61 Å². The second kappa shape index (κ2) is 7.48. The summed E-state index contributed by atoms with van der Waals surface area (Å²) in [6, 6.07) is 5.79. The summed E-state index contributed by atoms with van der Waals surface area (Å²) in [5, 5.41) is 4.21. The molecule has 4 heteroatoms. The first kappa shape index (κ1) is 16.6. The minimum absolute atomic E-state index is 0.0616. The number of halogens is 1. The van der Waals surface area contributed by atoms with E-state index in [2.05, 4.69) is 26.1 Å². The third kappa shape index (κ3) is 5.85. The van der Waals surface area contributed by atoms with Crippen LogP contribution in [-0.4, -0.2) is 24.9 Å². The van der Waals surface area contributed by atoms with Crippen molar-refractivity contribution >= 4 is 11.6 Å². The third-order valence-electron chi connectivity index (χ3n) is 3.53. The fourth-order valence-electron chi connectivity index (χ4n) is 2.31. The first-order chi connectivity index (χ1) is 9.94. The Morgan fingerprint density at radius 1 is 1.33 bits per heavy atom. The quantitative estimate of drug-likeness (QED) is 0.885. The van der Waals surface area contributed by atoms with E-state index in [9.17, 15) is 0 Å². The van der Waals surface area contributed by atoms with E-state index in [0.717, 1.165) is 42.3 Å². The molecule has 118 valence electrons. The van der Waals surface area contributed by atoms with Crippen molar-refractivity contribution in [2.75, 3.05) is 13.2 Å². The highest BCUT2D eigenvalue weighted by molar-refractivity contribution is 6.30. The lowest BCUT2D eigenvalue weighted by molar-refractivity contribution is -0.0112. The smallest absolute Gasteiger partial charge is 0.124 e. The van der Waals surface area contributed by atoms with Crippen LogP contribution < -0.4 is 10.1 Å². The zero-order chi connectivity index (χ0) is 15.3. The van der Waals surface area contributed by atoms with Gasteiger partial charge in [-0.3, -0.25) is 0 Å². The SMILES string of the molecule is CC(C)(C)NCc1cc(Cl)ccc1OCC1CCCCO1. The van der Waals surface area contributed by atoms with Crippen LogP contribution in [-0.2, 0) is 11.3 Å². The number of ether oxygens (including phenoxy) is 2. The number of hydrogen-bond acceptors (Lipinski definition) is 3. The van der Waals surface area contributed by atoms with Gasteiger partial charge in [-0.15, -0.1) is 0 Å². The van der Waals surface area contributed by atoms with Crippen LogP contribution in [0, 0.1) is 0 Å². The summed E-state index contributed by atoms with van der Waals surface area (Å²) in [5.41, 5.74) is 1.15. The molecule has 1 aromatic carbocycles. The first-order valence-electron chi connectivity index (χ1n) is 7.72. The molecule has 21 heavy (non-hydrogen) atoms. The van der Waals surface area contributed by atoms with E-state index in [1.807, 2.05) is 18.2 Å². The molecule has 1 aromatic rings. The standard InChI is InChI=1S/C17H26ClNO2/c1-17(2,3)19-11-13-10-14(18)7-8-16(13)21-12-15-6-4-5-9-20-15/h7-8,10,15,19H,4-6,9,11-12H2,1-3H3. The van der Waals surface area contributed by atoms with Gasteiger partial charge in [-0.2, -0.15) is 0 Å². The second-order valence-electron chi connectivity index (χ2n) is 6.66. The molecular weight excluding hydrogens is 286 g/mol. The van der Waals surface area contributed by atoms with E-state index in [-0.39, 0.29) is 11.6 Å². The molecule has 1 unspecified atom stereocenters. The molecule has 0 aliphatic carbocycles. The van der Waals surface area contributed by atoms with E-state index in [1.54, 1.807) is 0 Å². The van der Waals surface area contributed by atoms with E-state index < -0.39 is 0 Å². The highest BCUT2D eigenvalue weighted by Gasteiger charge is 2.16. The van der Waals surface area contributed by atoms with Crippen LogP contribution in [0.1, 0.15) is 45.6 Å². The third-order valence-corrected chi connectivity index (χ3v) is 3.77. The summed E-state index contributed by atoms with van der Waals surface area (Å²) in [4.78, 5) is 0. The Balaban J connectivity index is 1.96. The van der Waals surface area contributed by atoms with Gasteiger partial charge >= 0.3 is 0 Å². The molecule has 0 amide bonds. The van der Waals surface area contributed by atoms with Crippen molar-refractivity contribution in [1.29, 1.82) is 0 Å². The molecule has 1 fully saturated rings. The van der Waals surface area contributed by atoms with Crippen LogP contribution in [0.15, 0.2) is 18.2 Å².